The molecule has 0 atom stereocenters. The van der Waals surface area contributed by atoms with Gasteiger partial charge in [0.1, 0.15) is 5.75 Å². The molecule has 6 heteroatoms. The first-order valence-corrected chi connectivity index (χ1v) is 4.64. The Kier molecular flexibility index (Phi) is 3.28. The van der Waals surface area contributed by atoms with Gasteiger partial charge in [-0.25, -0.2) is 4.79 Å². The zero-order chi connectivity index (χ0) is 11.6. The highest BCUT2D eigenvalue weighted by molar-refractivity contribution is 9.10. The first-order valence-electron chi connectivity index (χ1n) is 3.85. The molecule has 0 saturated heterocycles. The summed E-state index contributed by atoms with van der Waals surface area (Å²) < 4.78 is 31.2. The monoisotopic (exact) mass is 280 g/mol. The number of carboxylic acid groups (broad SMARTS) is 1. The normalized spacial score (nSPS) is 11.2. The summed E-state index contributed by atoms with van der Waals surface area (Å²) in [4.78, 5) is 10.3. The van der Waals surface area contributed by atoms with Crippen molar-refractivity contribution in [3.63, 3.8) is 0 Å². The Balaban J connectivity index is 3.18. The molecular weight excluding hydrogens is 274 g/mol. The van der Waals surface area contributed by atoms with E-state index in [4.69, 9.17) is 9.84 Å². The summed E-state index contributed by atoms with van der Waals surface area (Å²) in [6, 6.07) is 3.31. The molecule has 1 aromatic rings. The summed E-state index contributed by atoms with van der Waals surface area (Å²) in [5.74, 6) is -5.71. The fourth-order valence-electron chi connectivity index (χ4n) is 0.985. The average Bonchev–Trinajstić information content (AvgIpc) is 2.17. The molecule has 1 aromatic carbocycles. The number of halogens is 3. The summed E-state index contributed by atoms with van der Waals surface area (Å²) in [5.41, 5.74) is -0.595. The molecule has 0 aliphatic rings. The van der Waals surface area contributed by atoms with Gasteiger partial charge in [-0.3, -0.25) is 0 Å². The van der Waals surface area contributed by atoms with Crippen LogP contribution >= 0.6 is 15.9 Å². The topological polar surface area (TPSA) is 46.5 Å². The van der Waals surface area contributed by atoms with E-state index in [9.17, 15) is 13.6 Å². The largest absolute Gasteiger partial charge is 0.496 e. The minimum atomic E-state index is -3.89. The van der Waals surface area contributed by atoms with Gasteiger partial charge < -0.3 is 9.84 Å². The van der Waals surface area contributed by atoms with Gasteiger partial charge >= 0.3 is 11.9 Å². The SMILES string of the molecule is COc1ccc(C(F)(F)C(=O)O)cc1Br. The van der Waals surface area contributed by atoms with Gasteiger partial charge in [0.2, 0.25) is 0 Å². The molecule has 0 aliphatic carbocycles. The predicted molar refractivity (Wildman–Crippen MR) is 52.2 cm³/mol. The minimum Gasteiger partial charge on any atom is -0.496 e. The maximum absolute atomic E-state index is 13.0. The van der Waals surface area contributed by atoms with E-state index in [1.54, 1.807) is 0 Å². The van der Waals surface area contributed by atoms with E-state index in [1.165, 1.54) is 13.2 Å². The van der Waals surface area contributed by atoms with Gasteiger partial charge in [0.05, 0.1) is 11.6 Å². The number of hydrogen-bond acceptors (Lipinski definition) is 2. The van der Waals surface area contributed by atoms with Gasteiger partial charge in [0.25, 0.3) is 0 Å². The highest BCUT2D eigenvalue weighted by atomic mass is 79.9. The van der Waals surface area contributed by atoms with Gasteiger partial charge in [0.15, 0.2) is 0 Å². The van der Waals surface area contributed by atoms with Crippen LogP contribution in [-0.2, 0) is 10.7 Å². The van der Waals surface area contributed by atoms with E-state index in [1.807, 2.05) is 0 Å². The Morgan fingerprint density at radius 1 is 1.53 bits per heavy atom. The molecule has 15 heavy (non-hydrogen) atoms. The quantitative estimate of drug-likeness (QED) is 0.926. The molecule has 0 heterocycles. The molecule has 0 amide bonds. The lowest BCUT2D eigenvalue weighted by atomic mass is 10.1. The summed E-state index contributed by atoms with van der Waals surface area (Å²) >= 11 is 3.00. The third-order valence-corrected chi connectivity index (χ3v) is 2.40. The lowest BCUT2D eigenvalue weighted by molar-refractivity contribution is -0.166. The minimum absolute atomic E-state index is 0.281. The summed E-state index contributed by atoms with van der Waals surface area (Å²) in [7, 11) is 1.38. The smallest absolute Gasteiger partial charge is 0.379 e. The molecule has 82 valence electrons. The molecule has 0 aliphatic heterocycles. The molecule has 1 N–H and O–H groups in total. The fourth-order valence-corrected chi connectivity index (χ4v) is 1.53. The van der Waals surface area contributed by atoms with E-state index in [-0.39, 0.29) is 4.47 Å². The second-order valence-electron chi connectivity index (χ2n) is 2.73. The number of rotatable bonds is 3. The number of carbonyl (C=O) groups is 1. The van der Waals surface area contributed by atoms with Gasteiger partial charge in [0, 0.05) is 5.56 Å². The van der Waals surface area contributed by atoms with Crippen LogP contribution in [0.4, 0.5) is 8.78 Å². The number of ether oxygens (including phenoxy) is 1. The molecule has 0 fully saturated rings. The molecule has 0 unspecified atom stereocenters. The number of hydrogen-bond donors (Lipinski definition) is 1. The first-order chi connectivity index (χ1) is 6.89. The van der Waals surface area contributed by atoms with Crippen LogP contribution in [0.3, 0.4) is 0 Å². The van der Waals surface area contributed by atoms with E-state index in [0.29, 0.717) is 5.75 Å². The van der Waals surface area contributed by atoms with Crippen LogP contribution in [0.25, 0.3) is 0 Å². The predicted octanol–water partition coefficient (Wildman–Crippen LogP) is 2.63. The Hall–Kier alpha value is -1.17. The third kappa shape index (κ3) is 2.26. The number of carboxylic acids is 1. The van der Waals surface area contributed by atoms with Crippen molar-refractivity contribution in [3.8, 4) is 5.75 Å². The highest BCUT2D eigenvalue weighted by Gasteiger charge is 2.41. The van der Waals surface area contributed by atoms with Crippen molar-refractivity contribution < 1.29 is 23.4 Å². The van der Waals surface area contributed by atoms with Crippen LogP contribution < -0.4 is 4.74 Å². The van der Waals surface area contributed by atoms with Gasteiger partial charge in [-0.2, -0.15) is 8.78 Å². The van der Waals surface area contributed by atoms with E-state index in [0.717, 1.165) is 12.1 Å². The van der Waals surface area contributed by atoms with Crippen LogP contribution in [-0.4, -0.2) is 18.2 Å². The Labute approximate surface area is 92.8 Å². The second-order valence-corrected chi connectivity index (χ2v) is 3.58. The highest BCUT2D eigenvalue weighted by Crippen LogP contribution is 2.33. The van der Waals surface area contributed by atoms with Crippen molar-refractivity contribution in [3.05, 3.63) is 28.2 Å². The molecule has 0 radical (unpaired) electrons. The van der Waals surface area contributed by atoms with Crippen molar-refractivity contribution in [2.75, 3.05) is 7.11 Å². The van der Waals surface area contributed by atoms with E-state index in [2.05, 4.69) is 15.9 Å². The summed E-state index contributed by atoms with van der Waals surface area (Å²) in [6.45, 7) is 0. The lowest BCUT2D eigenvalue weighted by Gasteiger charge is -2.12. The average molecular weight is 281 g/mol. The number of benzene rings is 1. The number of aliphatic carboxylic acids is 1. The van der Waals surface area contributed by atoms with Crippen LogP contribution in [0.1, 0.15) is 5.56 Å². The van der Waals surface area contributed by atoms with Crippen molar-refractivity contribution in [2.24, 2.45) is 0 Å². The van der Waals surface area contributed by atoms with Gasteiger partial charge in [-0.15, -0.1) is 0 Å². The molecular formula is C9H7BrF2O3. The van der Waals surface area contributed by atoms with E-state index >= 15 is 0 Å². The third-order valence-electron chi connectivity index (χ3n) is 1.78. The van der Waals surface area contributed by atoms with Crippen molar-refractivity contribution >= 4 is 21.9 Å². The van der Waals surface area contributed by atoms with Crippen LogP contribution in [0.15, 0.2) is 22.7 Å². The Morgan fingerprint density at radius 2 is 2.13 bits per heavy atom. The fraction of sp³-hybridized carbons (Fsp3) is 0.222. The first kappa shape index (κ1) is 11.9. The molecule has 0 aromatic heterocycles. The zero-order valence-corrected chi connectivity index (χ0v) is 9.22. The number of alkyl halides is 2. The number of methoxy groups -OCH3 is 1. The van der Waals surface area contributed by atoms with Crippen LogP contribution in [0, 0.1) is 0 Å². The molecule has 1 rings (SSSR count). The van der Waals surface area contributed by atoms with Crippen LogP contribution in [0.5, 0.6) is 5.75 Å². The zero-order valence-electron chi connectivity index (χ0n) is 7.63. The summed E-state index contributed by atoms with van der Waals surface area (Å²) in [5, 5.41) is 8.32. The standard InChI is InChI=1S/C9H7BrF2O3/c1-15-7-3-2-5(4-6(7)10)9(11,12)8(13)14/h2-4H,1H3,(H,13,14). The molecule has 0 bridgehead atoms. The van der Waals surface area contributed by atoms with Gasteiger partial charge in [-0.05, 0) is 34.1 Å². The second kappa shape index (κ2) is 4.14. The van der Waals surface area contributed by atoms with Crippen molar-refractivity contribution in [1.29, 1.82) is 0 Å². The lowest BCUT2D eigenvalue weighted by Crippen LogP contribution is -2.25. The molecule has 3 nitrogen and oxygen atoms in total. The maximum Gasteiger partial charge on any atom is 0.379 e. The molecule has 0 spiro atoms. The maximum atomic E-state index is 13.0. The Bertz CT molecular complexity index is 393. The van der Waals surface area contributed by atoms with Crippen LogP contribution in [0.2, 0.25) is 0 Å². The van der Waals surface area contributed by atoms with Crippen molar-refractivity contribution in [2.45, 2.75) is 5.92 Å². The van der Waals surface area contributed by atoms with E-state index < -0.39 is 17.5 Å². The Morgan fingerprint density at radius 3 is 2.53 bits per heavy atom. The van der Waals surface area contributed by atoms with Crippen molar-refractivity contribution in [1.82, 2.24) is 0 Å². The molecule has 0 saturated carbocycles. The summed E-state index contributed by atoms with van der Waals surface area (Å²) in [6.07, 6.45) is 0. The van der Waals surface area contributed by atoms with Gasteiger partial charge in [-0.1, -0.05) is 0 Å².